The molecule has 2 atom stereocenters. The maximum absolute atomic E-state index is 10.6. The maximum Gasteiger partial charge on any atom is 0.194 e. The van der Waals surface area contributed by atoms with Gasteiger partial charge < -0.3 is 20.1 Å². The second-order valence-electron chi connectivity index (χ2n) is 8.58. The van der Waals surface area contributed by atoms with Crippen molar-refractivity contribution >= 4 is 5.96 Å². The predicted octanol–water partition coefficient (Wildman–Crippen LogP) is 1.48. The second kappa shape index (κ2) is 8.80. The molecule has 6 heteroatoms. The zero-order valence-corrected chi connectivity index (χ0v) is 17.1. The molecule has 2 fully saturated rings. The van der Waals surface area contributed by atoms with Gasteiger partial charge in [0.05, 0.1) is 19.3 Å². The Kier molecular flexibility index (Phi) is 6.19. The predicted molar refractivity (Wildman–Crippen MR) is 111 cm³/mol. The molecule has 3 aliphatic rings. The van der Waals surface area contributed by atoms with Crippen LogP contribution in [0.2, 0.25) is 0 Å². The molecule has 3 aliphatic heterocycles. The first-order chi connectivity index (χ1) is 13.7. The first-order valence-electron chi connectivity index (χ1n) is 10.8. The molecule has 1 spiro atoms. The van der Waals surface area contributed by atoms with E-state index in [0.717, 1.165) is 64.7 Å². The monoisotopic (exact) mass is 386 g/mol. The molecule has 0 aliphatic carbocycles. The van der Waals surface area contributed by atoms with Crippen molar-refractivity contribution in [3.63, 3.8) is 0 Å². The molecule has 0 aromatic heterocycles. The van der Waals surface area contributed by atoms with Gasteiger partial charge in [-0.3, -0.25) is 9.89 Å². The summed E-state index contributed by atoms with van der Waals surface area (Å²) in [5, 5.41) is 14.0. The summed E-state index contributed by atoms with van der Waals surface area (Å²) in [6.07, 6.45) is 2.95. The summed E-state index contributed by atoms with van der Waals surface area (Å²) in [4.78, 5) is 9.47. The number of benzene rings is 1. The summed E-state index contributed by atoms with van der Waals surface area (Å²) >= 11 is 0. The number of rotatable bonds is 5. The van der Waals surface area contributed by atoms with Crippen molar-refractivity contribution in [1.82, 2.24) is 15.1 Å². The third kappa shape index (κ3) is 4.50. The summed E-state index contributed by atoms with van der Waals surface area (Å²) in [5.74, 6) is 0.939. The molecule has 1 aromatic rings. The fourth-order valence-corrected chi connectivity index (χ4v) is 4.77. The zero-order chi connectivity index (χ0) is 19.4. The van der Waals surface area contributed by atoms with E-state index in [9.17, 15) is 5.11 Å². The van der Waals surface area contributed by atoms with E-state index < -0.39 is 6.10 Å². The fraction of sp³-hybridized carbons (Fsp3) is 0.682. The third-order valence-electron chi connectivity index (χ3n) is 6.39. The van der Waals surface area contributed by atoms with Crippen LogP contribution in [0.15, 0.2) is 29.3 Å². The Bertz CT molecular complexity index is 687. The molecule has 0 amide bonds. The van der Waals surface area contributed by atoms with Crippen LogP contribution in [0, 0.1) is 5.41 Å². The lowest BCUT2D eigenvalue weighted by atomic mass is 9.87. The maximum atomic E-state index is 10.6. The van der Waals surface area contributed by atoms with Crippen LogP contribution in [0.1, 0.15) is 30.9 Å². The Hall–Kier alpha value is -1.63. The lowest BCUT2D eigenvalue weighted by Crippen LogP contribution is -2.42. The van der Waals surface area contributed by atoms with Gasteiger partial charge in [-0.05, 0) is 37.3 Å². The number of aliphatic hydroxyl groups is 1. The molecule has 154 valence electrons. The number of aliphatic imine (C=N–C) groups is 1. The normalized spacial score (nSPS) is 26.6. The minimum absolute atomic E-state index is 0.315. The smallest absolute Gasteiger partial charge is 0.194 e. The standard InChI is InChI=1S/C22H34N4O2/c1-2-23-21(26-11-8-22(16-26)9-12-28-17-22)24-13-20(27)15-25-10-7-18-5-3-4-6-19(18)14-25/h3-6,20,27H,2,7-17H2,1H3,(H,23,24). The van der Waals surface area contributed by atoms with Gasteiger partial charge in [0, 0.05) is 51.3 Å². The van der Waals surface area contributed by atoms with E-state index in [1.807, 2.05) is 0 Å². The van der Waals surface area contributed by atoms with E-state index >= 15 is 0 Å². The van der Waals surface area contributed by atoms with Gasteiger partial charge in [-0.25, -0.2) is 0 Å². The highest BCUT2D eigenvalue weighted by atomic mass is 16.5. The number of fused-ring (bicyclic) bond motifs is 1. The quantitative estimate of drug-likeness (QED) is 0.593. The number of guanidine groups is 1. The number of nitrogens with one attached hydrogen (secondary N) is 1. The zero-order valence-electron chi connectivity index (χ0n) is 17.1. The second-order valence-corrected chi connectivity index (χ2v) is 8.58. The van der Waals surface area contributed by atoms with Gasteiger partial charge in [0.2, 0.25) is 0 Å². The molecular weight excluding hydrogens is 352 g/mol. The molecule has 1 aromatic carbocycles. The van der Waals surface area contributed by atoms with Crippen LogP contribution in [0.4, 0.5) is 0 Å². The van der Waals surface area contributed by atoms with Crippen molar-refractivity contribution in [3.05, 3.63) is 35.4 Å². The molecule has 4 rings (SSSR count). The molecule has 6 nitrogen and oxygen atoms in total. The highest BCUT2D eigenvalue weighted by Crippen LogP contribution is 2.38. The summed E-state index contributed by atoms with van der Waals surface area (Å²) in [6, 6.07) is 8.63. The van der Waals surface area contributed by atoms with Crippen molar-refractivity contribution < 1.29 is 9.84 Å². The van der Waals surface area contributed by atoms with Gasteiger partial charge in [0.25, 0.3) is 0 Å². The molecular formula is C22H34N4O2. The molecule has 2 N–H and O–H groups in total. The first-order valence-corrected chi connectivity index (χ1v) is 10.8. The molecule has 28 heavy (non-hydrogen) atoms. The van der Waals surface area contributed by atoms with Crippen LogP contribution in [-0.2, 0) is 17.7 Å². The van der Waals surface area contributed by atoms with Crippen molar-refractivity contribution in [1.29, 1.82) is 0 Å². The van der Waals surface area contributed by atoms with Gasteiger partial charge >= 0.3 is 0 Å². The van der Waals surface area contributed by atoms with Crippen molar-refractivity contribution in [3.8, 4) is 0 Å². The van der Waals surface area contributed by atoms with Crippen LogP contribution in [0.5, 0.6) is 0 Å². The lowest BCUT2D eigenvalue weighted by Gasteiger charge is -2.30. The highest BCUT2D eigenvalue weighted by molar-refractivity contribution is 5.80. The van der Waals surface area contributed by atoms with Crippen molar-refractivity contribution in [2.75, 3.05) is 52.5 Å². The molecule has 2 saturated heterocycles. The number of likely N-dealkylation sites (tertiary alicyclic amines) is 1. The SMILES string of the molecule is CCNC(=NCC(O)CN1CCc2ccccc2C1)N1CCC2(CCOC2)C1. The summed E-state index contributed by atoms with van der Waals surface area (Å²) in [7, 11) is 0. The van der Waals surface area contributed by atoms with Gasteiger partial charge in [0.1, 0.15) is 0 Å². The van der Waals surface area contributed by atoms with E-state index in [2.05, 4.69) is 46.3 Å². The Morgan fingerprint density at radius 1 is 1.29 bits per heavy atom. The Morgan fingerprint density at radius 3 is 2.93 bits per heavy atom. The topological polar surface area (TPSA) is 60.3 Å². The van der Waals surface area contributed by atoms with E-state index in [-0.39, 0.29) is 0 Å². The van der Waals surface area contributed by atoms with Crippen molar-refractivity contribution in [2.24, 2.45) is 10.4 Å². The summed E-state index contributed by atoms with van der Waals surface area (Å²) < 4.78 is 5.65. The Morgan fingerprint density at radius 2 is 2.14 bits per heavy atom. The van der Waals surface area contributed by atoms with Crippen LogP contribution in [0.3, 0.4) is 0 Å². The fourth-order valence-electron chi connectivity index (χ4n) is 4.77. The minimum Gasteiger partial charge on any atom is -0.390 e. The van der Waals surface area contributed by atoms with E-state index in [1.54, 1.807) is 0 Å². The number of hydrogen-bond donors (Lipinski definition) is 2. The van der Waals surface area contributed by atoms with Crippen molar-refractivity contribution in [2.45, 2.75) is 38.8 Å². The first kappa shape index (κ1) is 19.7. The van der Waals surface area contributed by atoms with Gasteiger partial charge in [0.15, 0.2) is 5.96 Å². The number of hydrogen-bond acceptors (Lipinski definition) is 4. The van der Waals surface area contributed by atoms with Crippen LogP contribution >= 0.6 is 0 Å². The van der Waals surface area contributed by atoms with Crippen LogP contribution in [-0.4, -0.2) is 79.5 Å². The van der Waals surface area contributed by atoms with E-state index in [1.165, 1.54) is 17.5 Å². The third-order valence-corrected chi connectivity index (χ3v) is 6.39. The largest absolute Gasteiger partial charge is 0.390 e. The molecule has 0 bridgehead atoms. The Balaban J connectivity index is 1.31. The number of ether oxygens (including phenoxy) is 1. The minimum atomic E-state index is -0.440. The van der Waals surface area contributed by atoms with Crippen LogP contribution < -0.4 is 5.32 Å². The summed E-state index contributed by atoms with van der Waals surface area (Å²) in [5.41, 5.74) is 3.15. The molecule has 2 unspecified atom stereocenters. The highest BCUT2D eigenvalue weighted by Gasteiger charge is 2.42. The number of β-amino-alcohol motifs (C(OH)–C–C–N with tert-alkyl or cyclic N) is 1. The lowest BCUT2D eigenvalue weighted by molar-refractivity contribution is 0.111. The average molecular weight is 387 g/mol. The van der Waals surface area contributed by atoms with E-state index in [0.29, 0.717) is 18.5 Å². The number of aliphatic hydroxyl groups excluding tert-OH is 1. The molecule has 0 radical (unpaired) electrons. The molecule has 0 saturated carbocycles. The molecule has 3 heterocycles. The van der Waals surface area contributed by atoms with Gasteiger partial charge in [-0.2, -0.15) is 0 Å². The van der Waals surface area contributed by atoms with E-state index in [4.69, 9.17) is 9.73 Å². The Labute approximate surface area is 168 Å². The summed E-state index contributed by atoms with van der Waals surface area (Å²) in [6.45, 7) is 9.79. The van der Waals surface area contributed by atoms with Gasteiger partial charge in [-0.15, -0.1) is 0 Å². The number of nitrogens with zero attached hydrogens (tertiary/aromatic N) is 3. The average Bonchev–Trinajstić information content (AvgIpc) is 3.35. The van der Waals surface area contributed by atoms with Gasteiger partial charge in [-0.1, -0.05) is 24.3 Å². The van der Waals surface area contributed by atoms with Crippen LogP contribution in [0.25, 0.3) is 0 Å².